The molecule has 1 aliphatic rings. The number of hydrogen-bond donors (Lipinski definition) is 0. The zero-order valence-electron chi connectivity index (χ0n) is 21.4. The molecular weight excluding hydrogens is 607 g/mol. The summed E-state index contributed by atoms with van der Waals surface area (Å²) in [6.45, 7) is 6.28. The molecule has 192 valence electrons. The SMILES string of the molecule is CCOC(=O)C1=C(c2ccccc2)N=c2s/c(=C\c3ccc(I)cc3)c(=O)n2[C@@H]1c1ccc(C(C)C)cc1. The molecule has 4 aromatic rings. The zero-order valence-corrected chi connectivity index (χ0v) is 24.3. The van der Waals surface area contributed by atoms with Crippen LogP contribution in [0.4, 0.5) is 0 Å². The molecule has 5 rings (SSSR count). The van der Waals surface area contributed by atoms with Crippen LogP contribution in [0.15, 0.2) is 94.2 Å². The Morgan fingerprint density at radius 3 is 2.37 bits per heavy atom. The van der Waals surface area contributed by atoms with E-state index in [-0.39, 0.29) is 12.2 Å². The predicted octanol–water partition coefficient (Wildman–Crippen LogP) is 5.66. The first-order valence-electron chi connectivity index (χ1n) is 12.5. The van der Waals surface area contributed by atoms with Crippen molar-refractivity contribution >= 4 is 51.7 Å². The standard InChI is InChI=1S/C31H27IN2O3S/c1-4-37-30(36)26-27(22-8-6-5-7-9-22)33-31-34(28(26)23-14-12-21(13-15-23)19(2)3)29(35)25(38-31)18-20-10-16-24(32)17-11-20/h5-19,28H,4H2,1-3H3/b25-18-/t28-/m1/s1. The van der Waals surface area contributed by atoms with Gasteiger partial charge in [0.25, 0.3) is 5.56 Å². The third-order valence-electron chi connectivity index (χ3n) is 6.46. The highest BCUT2D eigenvalue weighted by Crippen LogP contribution is 2.35. The van der Waals surface area contributed by atoms with Gasteiger partial charge in [-0.05, 0) is 70.3 Å². The summed E-state index contributed by atoms with van der Waals surface area (Å²) in [5.41, 5.74) is 4.47. The van der Waals surface area contributed by atoms with Crippen LogP contribution >= 0.6 is 33.9 Å². The van der Waals surface area contributed by atoms with Crippen LogP contribution in [0.3, 0.4) is 0 Å². The third kappa shape index (κ3) is 5.17. The smallest absolute Gasteiger partial charge is 0.338 e. The first kappa shape index (κ1) is 26.3. The molecule has 3 aromatic carbocycles. The molecule has 2 heterocycles. The molecule has 1 aromatic heterocycles. The fourth-order valence-electron chi connectivity index (χ4n) is 4.53. The van der Waals surface area contributed by atoms with Gasteiger partial charge in [0, 0.05) is 9.13 Å². The van der Waals surface area contributed by atoms with Gasteiger partial charge in [0.05, 0.1) is 28.5 Å². The maximum Gasteiger partial charge on any atom is 0.338 e. The number of halogens is 1. The fraction of sp³-hybridized carbons (Fsp3) is 0.194. The lowest BCUT2D eigenvalue weighted by Crippen LogP contribution is -2.40. The van der Waals surface area contributed by atoms with Crippen LogP contribution in [0.1, 0.15) is 55.0 Å². The van der Waals surface area contributed by atoms with E-state index in [2.05, 4.69) is 48.6 Å². The second kappa shape index (κ2) is 11.2. The van der Waals surface area contributed by atoms with Crippen molar-refractivity contribution in [3.8, 4) is 0 Å². The number of hydrogen-bond acceptors (Lipinski definition) is 5. The van der Waals surface area contributed by atoms with Crippen LogP contribution in [0.5, 0.6) is 0 Å². The van der Waals surface area contributed by atoms with Crippen molar-refractivity contribution in [1.29, 1.82) is 0 Å². The molecule has 5 nitrogen and oxygen atoms in total. The molecule has 0 amide bonds. The van der Waals surface area contributed by atoms with E-state index >= 15 is 0 Å². The Hall–Kier alpha value is -3.30. The highest BCUT2D eigenvalue weighted by atomic mass is 127. The van der Waals surface area contributed by atoms with Crippen molar-refractivity contribution in [2.75, 3.05) is 6.61 Å². The molecule has 0 N–H and O–H groups in total. The van der Waals surface area contributed by atoms with E-state index in [1.807, 2.05) is 72.8 Å². The fourth-order valence-corrected chi connectivity index (χ4v) is 5.89. The van der Waals surface area contributed by atoms with Gasteiger partial charge < -0.3 is 4.74 Å². The van der Waals surface area contributed by atoms with E-state index < -0.39 is 12.0 Å². The molecule has 0 bridgehead atoms. The Labute approximate surface area is 239 Å². The summed E-state index contributed by atoms with van der Waals surface area (Å²) in [4.78, 5) is 32.9. The van der Waals surface area contributed by atoms with Crippen molar-refractivity contribution < 1.29 is 9.53 Å². The minimum absolute atomic E-state index is 0.181. The second-order valence-electron chi connectivity index (χ2n) is 9.30. The van der Waals surface area contributed by atoms with E-state index in [9.17, 15) is 9.59 Å². The van der Waals surface area contributed by atoms with Crippen molar-refractivity contribution in [3.05, 3.63) is 130 Å². The first-order valence-corrected chi connectivity index (χ1v) is 14.4. The summed E-state index contributed by atoms with van der Waals surface area (Å²) in [5, 5.41) is 0. The summed E-state index contributed by atoms with van der Waals surface area (Å²) < 4.78 is 8.87. The van der Waals surface area contributed by atoms with Gasteiger partial charge in [-0.2, -0.15) is 0 Å². The van der Waals surface area contributed by atoms with Crippen LogP contribution in [-0.2, 0) is 9.53 Å². The first-order chi connectivity index (χ1) is 18.4. The van der Waals surface area contributed by atoms with Gasteiger partial charge in [0.2, 0.25) is 0 Å². The van der Waals surface area contributed by atoms with Crippen LogP contribution in [0, 0.1) is 3.57 Å². The normalized spacial score (nSPS) is 15.4. The van der Waals surface area contributed by atoms with E-state index in [1.165, 1.54) is 16.9 Å². The molecule has 0 unspecified atom stereocenters. The number of thiazole rings is 1. The number of carbonyl (C=O) groups excluding carboxylic acids is 1. The van der Waals surface area contributed by atoms with Gasteiger partial charge in [0.1, 0.15) is 0 Å². The van der Waals surface area contributed by atoms with Gasteiger partial charge in [-0.3, -0.25) is 9.36 Å². The van der Waals surface area contributed by atoms with Gasteiger partial charge in [-0.1, -0.05) is 91.9 Å². The van der Waals surface area contributed by atoms with E-state index in [4.69, 9.17) is 9.73 Å². The molecule has 1 aliphatic heterocycles. The Bertz CT molecular complexity index is 1680. The largest absolute Gasteiger partial charge is 0.463 e. The number of carbonyl (C=O) groups is 1. The molecule has 0 aliphatic carbocycles. The van der Waals surface area contributed by atoms with E-state index in [0.29, 0.717) is 26.5 Å². The van der Waals surface area contributed by atoms with Crippen LogP contribution < -0.4 is 14.9 Å². The number of benzene rings is 3. The van der Waals surface area contributed by atoms with Gasteiger partial charge in [-0.25, -0.2) is 9.79 Å². The predicted molar refractivity (Wildman–Crippen MR) is 161 cm³/mol. The summed E-state index contributed by atoms with van der Waals surface area (Å²) in [6, 6.07) is 25.1. The van der Waals surface area contributed by atoms with Crippen molar-refractivity contribution in [3.63, 3.8) is 0 Å². The van der Waals surface area contributed by atoms with E-state index in [0.717, 1.165) is 20.3 Å². The number of fused-ring (bicyclic) bond motifs is 1. The molecule has 0 fully saturated rings. The van der Waals surface area contributed by atoms with Gasteiger partial charge in [-0.15, -0.1) is 0 Å². The Kier molecular flexibility index (Phi) is 7.76. The lowest BCUT2D eigenvalue weighted by Gasteiger charge is -2.26. The average Bonchev–Trinajstić information content (AvgIpc) is 3.24. The molecule has 0 radical (unpaired) electrons. The maximum atomic E-state index is 13.9. The second-order valence-corrected chi connectivity index (χ2v) is 11.6. The topological polar surface area (TPSA) is 60.7 Å². The quantitative estimate of drug-likeness (QED) is 0.203. The Morgan fingerprint density at radius 2 is 1.74 bits per heavy atom. The highest BCUT2D eigenvalue weighted by molar-refractivity contribution is 14.1. The molecule has 0 spiro atoms. The molecule has 0 saturated carbocycles. The van der Waals surface area contributed by atoms with Crippen LogP contribution in [-0.4, -0.2) is 17.1 Å². The number of aromatic nitrogens is 1. The summed E-state index contributed by atoms with van der Waals surface area (Å²) >= 11 is 3.59. The van der Waals surface area contributed by atoms with Gasteiger partial charge in [0.15, 0.2) is 4.80 Å². The number of rotatable bonds is 6. The monoisotopic (exact) mass is 634 g/mol. The summed E-state index contributed by atoms with van der Waals surface area (Å²) in [5.74, 6) is -0.111. The summed E-state index contributed by atoms with van der Waals surface area (Å²) in [7, 11) is 0. The third-order valence-corrected chi connectivity index (χ3v) is 8.16. The lowest BCUT2D eigenvalue weighted by atomic mass is 9.91. The highest BCUT2D eigenvalue weighted by Gasteiger charge is 2.35. The van der Waals surface area contributed by atoms with Crippen LogP contribution in [0.25, 0.3) is 11.8 Å². The Balaban J connectivity index is 1.81. The molecule has 38 heavy (non-hydrogen) atoms. The van der Waals surface area contributed by atoms with Crippen molar-refractivity contribution in [2.24, 2.45) is 4.99 Å². The van der Waals surface area contributed by atoms with Crippen molar-refractivity contribution in [2.45, 2.75) is 32.7 Å². The number of ether oxygens (including phenoxy) is 1. The molecular formula is C31H27IN2O3S. The lowest BCUT2D eigenvalue weighted by molar-refractivity contribution is -0.138. The Morgan fingerprint density at radius 1 is 1.05 bits per heavy atom. The molecule has 0 saturated heterocycles. The summed E-state index contributed by atoms with van der Waals surface area (Å²) in [6.07, 6.45) is 1.88. The minimum atomic E-state index is -0.666. The van der Waals surface area contributed by atoms with E-state index in [1.54, 1.807) is 11.5 Å². The average molecular weight is 635 g/mol. The van der Waals surface area contributed by atoms with Crippen LogP contribution in [0.2, 0.25) is 0 Å². The van der Waals surface area contributed by atoms with Crippen molar-refractivity contribution in [1.82, 2.24) is 4.57 Å². The number of nitrogens with zero attached hydrogens (tertiary/aromatic N) is 2. The maximum absolute atomic E-state index is 13.9. The minimum Gasteiger partial charge on any atom is -0.463 e. The molecule has 1 atom stereocenters. The number of esters is 1. The zero-order chi connectivity index (χ0) is 26.8. The van der Waals surface area contributed by atoms with Gasteiger partial charge >= 0.3 is 5.97 Å². The molecule has 7 heteroatoms.